The Hall–Kier alpha value is -2.50. The van der Waals surface area contributed by atoms with Crippen molar-refractivity contribution in [1.29, 1.82) is 0 Å². The fraction of sp³-hybridized carbons (Fsp3) is 0.429. The van der Waals surface area contributed by atoms with Gasteiger partial charge in [-0.15, -0.1) is 6.58 Å². The van der Waals surface area contributed by atoms with E-state index in [1.807, 2.05) is 12.1 Å². The third kappa shape index (κ3) is 7.79. The Balaban J connectivity index is 1.62. The lowest BCUT2D eigenvalue weighted by atomic mass is 9.97. The molecule has 1 unspecified atom stereocenters. The first-order chi connectivity index (χ1) is 18.9. The summed E-state index contributed by atoms with van der Waals surface area (Å²) in [7, 11) is -2.68. The number of rotatable bonds is 13. The van der Waals surface area contributed by atoms with E-state index in [4.69, 9.17) is 13.9 Å². The Bertz CT molecular complexity index is 1070. The zero-order valence-electron chi connectivity index (χ0n) is 24.1. The van der Waals surface area contributed by atoms with Gasteiger partial charge in [-0.2, -0.15) is 0 Å². The molecule has 4 heteroatoms. The summed E-state index contributed by atoms with van der Waals surface area (Å²) in [5.74, 6) is 0. The largest absolute Gasteiger partial charge is 0.404 e. The average Bonchev–Trinajstić information content (AvgIpc) is 2.95. The van der Waals surface area contributed by atoms with Crippen LogP contribution in [0.15, 0.2) is 104 Å². The molecule has 1 aliphatic rings. The Morgan fingerprint density at radius 3 is 2.00 bits per heavy atom. The van der Waals surface area contributed by atoms with Gasteiger partial charge in [-0.05, 0) is 59.5 Å². The van der Waals surface area contributed by atoms with Crippen LogP contribution in [0.4, 0.5) is 0 Å². The van der Waals surface area contributed by atoms with Crippen LogP contribution in [0.2, 0.25) is 5.04 Å². The molecular weight excluding hydrogens is 496 g/mol. The molecule has 3 nitrogen and oxygen atoms in total. The van der Waals surface area contributed by atoms with Crippen molar-refractivity contribution < 1.29 is 13.9 Å². The van der Waals surface area contributed by atoms with E-state index in [1.165, 1.54) is 22.4 Å². The molecule has 0 amide bonds. The van der Waals surface area contributed by atoms with Crippen LogP contribution in [0.25, 0.3) is 0 Å². The van der Waals surface area contributed by atoms with Gasteiger partial charge in [0.2, 0.25) is 0 Å². The zero-order chi connectivity index (χ0) is 27.6. The van der Waals surface area contributed by atoms with Crippen LogP contribution in [0.5, 0.6) is 0 Å². The summed E-state index contributed by atoms with van der Waals surface area (Å²) in [5, 5.41) is 2.55. The van der Waals surface area contributed by atoms with Crippen LogP contribution in [0.1, 0.15) is 64.9 Å². The molecule has 3 atom stereocenters. The van der Waals surface area contributed by atoms with E-state index in [1.54, 1.807) is 0 Å². The molecule has 3 aromatic carbocycles. The number of hydrogen-bond acceptors (Lipinski definition) is 3. The molecule has 0 aromatic heterocycles. The van der Waals surface area contributed by atoms with Crippen LogP contribution in [0.3, 0.4) is 0 Å². The minimum Gasteiger partial charge on any atom is -0.404 e. The maximum absolute atomic E-state index is 7.58. The van der Waals surface area contributed by atoms with Gasteiger partial charge in [0.05, 0.1) is 24.9 Å². The number of ether oxygens (including phenoxy) is 2. The van der Waals surface area contributed by atoms with Crippen molar-refractivity contribution in [1.82, 2.24) is 0 Å². The first-order valence-corrected chi connectivity index (χ1v) is 16.5. The second-order valence-electron chi connectivity index (χ2n) is 11.8. The Labute approximate surface area is 237 Å². The molecule has 0 spiro atoms. The highest BCUT2D eigenvalue weighted by Crippen LogP contribution is 2.39. The lowest BCUT2D eigenvalue weighted by Gasteiger charge is -2.46. The number of benzene rings is 3. The minimum absolute atomic E-state index is 0.0274. The summed E-state index contributed by atoms with van der Waals surface area (Å²) in [6.45, 7) is 12.3. The monoisotopic (exact) mass is 542 g/mol. The molecule has 3 aromatic rings. The zero-order valence-corrected chi connectivity index (χ0v) is 25.1. The highest BCUT2D eigenvalue weighted by Gasteiger charge is 2.51. The van der Waals surface area contributed by atoms with Crippen LogP contribution in [-0.2, 0) is 20.5 Å². The highest BCUT2D eigenvalue weighted by atomic mass is 28.4. The SMILES string of the molecule is C=CC[C@H]1CCCC(C[C@H](CCOCc2ccccc2)O[Si](c2ccccc2)(c2ccccc2)C(C)(C)C)O1. The van der Waals surface area contributed by atoms with Crippen molar-refractivity contribution in [2.45, 2.75) is 89.3 Å². The first-order valence-electron chi connectivity index (χ1n) is 14.6. The molecule has 0 radical (unpaired) electrons. The predicted octanol–water partition coefficient (Wildman–Crippen LogP) is 7.44. The van der Waals surface area contributed by atoms with Crippen molar-refractivity contribution in [3.8, 4) is 0 Å². The molecule has 0 saturated carbocycles. The van der Waals surface area contributed by atoms with Gasteiger partial charge >= 0.3 is 0 Å². The predicted molar refractivity (Wildman–Crippen MR) is 165 cm³/mol. The van der Waals surface area contributed by atoms with Gasteiger partial charge in [0.25, 0.3) is 8.32 Å². The third-order valence-electron chi connectivity index (χ3n) is 7.85. The maximum Gasteiger partial charge on any atom is 0.261 e. The van der Waals surface area contributed by atoms with Gasteiger partial charge in [-0.1, -0.05) is 118 Å². The van der Waals surface area contributed by atoms with E-state index in [9.17, 15) is 0 Å². The molecule has 0 bridgehead atoms. The molecule has 39 heavy (non-hydrogen) atoms. The molecule has 4 rings (SSSR count). The van der Waals surface area contributed by atoms with Gasteiger partial charge in [-0.3, -0.25) is 0 Å². The topological polar surface area (TPSA) is 27.7 Å². The van der Waals surface area contributed by atoms with Gasteiger partial charge in [-0.25, -0.2) is 0 Å². The fourth-order valence-corrected chi connectivity index (χ4v) is 10.7. The second-order valence-corrected chi connectivity index (χ2v) is 16.1. The summed E-state index contributed by atoms with van der Waals surface area (Å²) in [5.41, 5.74) is 1.20. The second kappa shape index (κ2) is 14.2. The molecule has 208 valence electrons. The summed E-state index contributed by atoms with van der Waals surface area (Å²) >= 11 is 0. The quantitative estimate of drug-likeness (QED) is 0.128. The van der Waals surface area contributed by atoms with E-state index < -0.39 is 8.32 Å². The van der Waals surface area contributed by atoms with Crippen LogP contribution in [0, 0.1) is 0 Å². The van der Waals surface area contributed by atoms with Crippen LogP contribution in [-0.4, -0.2) is 33.2 Å². The van der Waals surface area contributed by atoms with E-state index in [2.05, 4.69) is 112 Å². The van der Waals surface area contributed by atoms with Crippen molar-refractivity contribution >= 4 is 18.7 Å². The summed E-state index contributed by atoms with van der Waals surface area (Å²) < 4.78 is 20.3. The smallest absolute Gasteiger partial charge is 0.261 e. The van der Waals surface area contributed by atoms with Gasteiger partial charge < -0.3 is 13.9 Å². The van der Waals surface area contributed by atoms with E-state index in [0.717, 1.165) is 32.1 Å². The van der Waals surface area contributed by atoms with E-state index in [-0.39, 0.29) is 23.4 Å². The molecule has 1 fully saturated rings. The molecule has 0 aliphatic carbocycles. The third-order valence-corrected chi connectivity index (χ3v) is 12.9. The summed E-state index contributed by atoms with van der Waals surface area (Å²) in [6.07, 6.45) is 8.50. The Morgan fingerprint density at radius 1 is 0.872 bits per heavy atom. The van der Waals surface area contributed by atoms with Crippen molar-refractivity contribution in [3.63, 3.8) is 0 Å². The van der Waals surface area contributed by atoms with Gasteiger partial charge in [0, 0.05) is 6.61 Å². The molecular formula is C35H46O3Si. The van der Waals surface area contributed by atoms with E-state index in [0.29, 0.717) is 13.2 Å². The average molecular weight is 543 g/mol. The lowest BCUT2D eigenvalue weighted by molar-refractivity contribution is -0.0676. The molecule has 0 N–H and O–H groups in total. The molecule has 1 heterocycles. The Morgan fingerprint density at radius 2 is 1.44 bits per heavy atom. The van der Waals surface area contributed by atoms with Gasteiger partial charge in [0.1, 0.15) is 0 Å². The number of hydrogen-bond donors (Lipinski definition) is 0. The van der Waals surface area contributed by atoms with E-state index >= 15 is 0 Å². The van der Waals surface area contributed by atoms with Crippen molar-refractivity contribution in [2.24, 2.45) is 0 Å². The lowest BCUT2D eigenvalue weighted by Crippen LogP contribution is -2.68. The normalized spacial score (nSPS) is 18.9. The first kappa shape index (κ1) is 29.5. The minimum atomic E-state index is -2.68. The van der Waals surface area contributed by atoms with Crippen LogP contribution >= 0.6 is 0 Å². The molecule has 1 saturated heterocycles. The standard InChI is InChI=1S/C35H46O3Si/c1-5-16-30-19-15-20-31(37-30)27-32(25-26-36-28-29-17-9-6-10-18-29)38-39(35(2,3)4,33-21-11-7-12-22-33)34-23-13-8-14-24-34/h5-14,17-18,21-24,30-32H,1,15-16,19-20,25-28H2,2-4H3/t30-,31?,32-/m0/s1. The van der Waals surface area contributed by atoms with Crippen molar-refractivity contribution in [2.75, 3.05) is 6.61 Å². The molecule has 1 aliphatic heterocycles. The highest BCUT2D eigenvalue weighted by molar-refractivity contribution is 6.99. The summed E-state index contributed by atoms with van der Waals surface area (Å²) in [4.78, 5) is 0. The van der Waals surface area contributed by atoms with Crippen LogP contribution < -0.4 is 10.4 Å². The summed E-state index contributed by atoms with van der Waals surface area (Å²) in [6, 6.07) is 32.3. The fourth-order valence-electron chi connectivity index (χ4n) is 5.95. The van der Waals surface area contributed by atoms with Crippen molar-refractivity contribution in [3.05, 3.63) is 109 Å². The maximum atomic E-state index is 7.58. The Kier molecular flexibility index (Phi) is 10.8. The van der Waals surface area contributed by atoms with Gasteiger partial charge in [0.15, 0.2) is 0 Å².